The summed E-state index contributed by atoms with van der Waals surface area (Å²) in [5.74, 6) is 1.28. The highest BCUT2D eigenvalue weighted by atomic mass is 16.5. The van der Waals surface area contributed by atoms with E-state index in [1.165, 1.54) is 6.33 Å². The summed E-state index contributed by atoms with van der Waals surface area (Å²) < 4.78 is 10.7. The van der Waals surface area contributed by atoms with Gasteiger partial charge < -0.3 is 14.6 Å². The first-order valence-corrected chi connectivity index (χ1v) is 9.85. The van der Waals surface area contributed by atoms with Gasteiger partial charge in [-0.25, -0.2) is 9.97 Å². The van der Waals surface area contributed by atoms with Crippen molar-refractivity contribution < 1.29 is 14.1 Å². The number of ether oxygens (including phenoxy) is 1. The first kappa shape index (κ1) is 20.3. The van der Waals surface area contributed by atoms with Gasteiger partial charge in [-0.05, 0) is 18.6 Å². The van der Waals surface area contributed by atoms with Gasteiger partial charge in [-0.1, -0.05) is 47.6 Å². The molecule has 7 nitrogen and oxygen atoms in total. The normalized spacial score (nSPS) is 10.6. The molecule has 4 rings (SSSR count). The molecule has 1 N–H and O–H groups in total. The number of aromatic nitrogens is 3. The average Bonchev–Trinajstić information content (AvgIpc) is 3.24. The van der Waals surface area contributed by atoms with Crippen LogP contribution >= 0.6 is 0 Å². The maximum absolute atomic E-state index is 12.3. The van der Waals surface area contributed by atoms with Crippen molar-refractivity contribution in [2.45, 2.75) is 19.9 Å². The largest absolute Gasteiger partial charge is 0.496 e. The van der Waals surface area contributed by atoms with Crippen LogP contribution in [0.25, 0.3) is 22.6 Å². The van der Waals surface area contributed by atoms with Crippen molar-refractivity contribution in [1.82, 2.24) is 20.4 Å². The van der Waals surface area contributed by atoms with Gasteiger partial charge in [0, 0.05) is 29.9 Å². The molecule has 0 spiro atoms. The monoisotopic (exact) mass is 414 g/mol. The van der Waals surface area contributed by atoms with Crippen LogP contribution < -0.4 is 10.1 Å². The molecule has 0 aliphatic carbocycles. The SMILES string of the molecule is COc1ccccc1CC(=O)NCc1ccc(-c2ncncc2-c2cc(C)no2)cc1. The van der Waals surface area contributed by atoms with E-state index in [4.69, 9.17) is 9.26 Å². The topological polar surface area (TPSA) is 90.1 Å². The molecule has 0 aliphatic rings. The maximum atomic E-state index is 12.3. The third-order valence-corrected chi connectivity index (χ3v) is 4.87. The fourth-order valence-corrected chi connectivity index (χ4v) is 3.30. The van der Waals surface area contributed by atoms with E-state index >= 15 is 0 Å². The molecule has 0 bridgehead atoms. The molecule has 7 heteroatoms. The van der Waals surface area contributed by atoms with Crippen LogP contribution in [0.15, 0.2) is 71.6 Å². The summed E-state index contributed by atoms with van der Waals surface area (Å²) in [6.07, 6.45) is 3.49. The van der Waals surface area contributed by atoms with Gasteiger partial charge in [0.25, 0.3) is 0 Å². The first-order chi connectivity index (χ1) is 15.1. The molecule has 2 aromatic carbocycles. The molecule has 0 radical (unpaired) electrons. The summed E-state index contributed by atoms with van der Waals surface area (Å²) in [5, 5.41) is 6.90. The number of aryl methyl sites for hydroxylation is 1. The van der Waals surface area contributed by atoms with E-state index in [-0.39, 0.29) is 12.3 Å². The molecule has 2 aromatic heterocycles. The Kier molecular flexibility index (Phi) is 6.03. The van der Waals surface area contributed by atoms with E-state index in [2.05, 4.69) is 20.4 Å². The number of benzene rings is 2. The third kappa shape index (κ3) is 4.78. The number of nitrogens with one attached hydrogen (secondary N) is 1. The van der Waals surface area contributed by atoms with Crippen LogP contribution in [0.3, 0.4) is 0 Å². The number of methoxy groups -OCH3 is 1. The fourth-order valence-electron chi connectivity index (χ4n) is 3.30. The highest BCUT2D eigenvalue weighted by Gasteiger charge is 2.13. The number of amides is 1. The van der Waals surface area contributed by atoms with E-state index in [0.29, 0.717) is 18.1 Å². The van der Waals surface area contributed by atoms with Crippen molar-refractivity contribution in [3.63, 3.8) is 0 Å². The van der Waals surface area contributed by atoms with Crippen molar-refractivity contribution in [3.8, 4) is 28.3 Å². The lowest BCUT2D eigenvalue weighted by Gasteiger charge is -2.10. The molecule has 31 heavy (non-hydrogen) atoms. The summed E-state index contributed by atoms with van der Waals surface area (Å²) >= 11 is 0. The quantitative estimate of drug-likeness (QED) is 0.492. The maximum Gasteiger partial charge on any atom is 0.224 e. The molecule has 1 amide bonds. The van der Waals surface area contributed by atoms with Crippen LogP contribution in [0.5, 0.6) is 5.75 Å². The number of hydrogen-bond acceptors (Lipinski definition) is 6. The third-order valence-electron chi connectivity index (χ3n) is 4.87. The molecular weight excluding hydrogens is 392 g/mol. The van der Waals surface area contributed by atoms with Gasteiger partial charge in [-0.2, -0.15) is 0 Å². The Morgan fingerprint density at radius 1 is 1.13 bits per heavy atom. The Morgan fingerprint density at radius 2 is 1.94 bits per heavy atom. The van der Waals surface area contributed by atoms with Crippen LogP contribution in [-0.2, 0) is 17.8 Å². The smallest absolute Gasteiger partial charge is 0.224 e. The van der Waals surface area contributed by atoms with E-state index in [1.54, 1.807) is 13.3 Å². The molecule has 0 unspecified atom stereocenters. The van der Waals surface area contributed by atoms with E-state index in [9.17, 15) is 4.79 Å². The summed E-state index contributed by atoms with van der Waals surface area (Å²) in [4.78, 5) is 20.9. The summed E-state index contributed by atoms with van der Waals surface area (Å²) in [5.41, 5.74) is 5.11. The Balaban J connectivity index is 1.43. The van der Waals surface area contributed by atoms with Gasteiger partial charge in [-0.15, -0.1) is 0 Å². The average molecular weight is 414 g/mol. The molecular formula is C24H22N4O3. The molecule has 0 saturated carbocycles. The second kappa shape index (κ2) is 9.21. The van der Waals surface area contributed by atoms with Crippen LogP contribution in [0, 0.1) is 6.92 Å². The Hall–Kier alpha value is -4.00. The molecule has 156 valence electrons. The number of carbonyl (C=O) groups is 1. The van der Waals surface area contributed by atoms with Crippen molar-refractivity contribution in [3.05, 3.63) is 83.9 Å². The van der Waals surface area contributed by atoms with Gasteiger partial charge >= 0.3 is 0 Å². The van der Waals surface area contributed by atoms with E-state index in [0.717, 1.165) is 33.6 Å². The Labute approximate surface area is 180 Å². The second-order valence-corrected chi connectivity index (χ2v) is 7.08. The zero-order valence-electron chi connectivity index (χ0n) is 17.3. The van der Waals surface area contributed by atoms with Crippen LogP contribution in [0.1, 0.15) is 16.8 Å². The summed E-state index contributed by atoms with van der Waals surface area (Å²) in [6.45, 7) is 2.31. The lowest BCUT2D eigenvalue weighted by Crippen LogP contribution is -2.24. The minimum Gasteiger partial charge on any atom is -0.496 e. The molecule has 0 fully saturated rings. The standard InChI is InChI=1S/C24H22N4O3/c1-16-11-22(31-28-16)20-14-25-15-27-24(20)18-9-7-17(8-10-18)13-26-23(29)12-19-5-3-4-6-21(19)30-2/h3-11,14-15H,12-13H2,1-2H3,(H,26,29). The van der Waals surface area contributed by atoms with Crippen LogP contribution in [0.4, 0.5) is 0 Å². The Morgan fingerprint density at radius 3 is 2.68 bits per heavy atom. The molecule has 0 aliphatic heterocycles. The van der Waals surface area contributed by atoms with Crippen molar-refractivity contribution in [1.29, 1.82) is 0 Å². The molecule has 0 saturated heterocycles. The van der Waals surface area contributed by atoms with Crippen molar-refractivity contribution >= 4 is 5.91 Å². The summed E-state index contributed by atoms with van der Waals surface area (Å²) in [6, 6.07) is 17.2. The first-order valence-electron chi connectivity index (χ1n) is 9.85. The highest BCUT2D eigenvalue weighted by Crippen LogP contribution is 2.30. The zero-order chi connectivity index (χ0) is 21.6. The number of carbonyl (C=O) groups excluding carboxylic acids is 1. The van der Waals surface area contributed by atoms with Crippen molar-refractivity contribution in [2.24, 2.45) is 0 Å². The lowest BCUT2D eigenvalue weighted by atomic mass is 10.0. The van der Waals surface area contributed by atoms with E-state index in [1.807, 2.05) is 61.5 Å². The van der Waals surface area contributed by atoms with Gasteiger partial charge in [0.2, 0.25) is 5.91 Å². The Bertz CT molecular complexity index is 1190. The van der Waals surface area contributed by atoms with Gasteiger partial charge in [0.05, 0.1) is 30.5 Å². The number of nitrogens with zero attached hydrogens (tertiary/aromatic N) is 3. The second-order valence-electron chi connectivity index (χ2n) is 7.08. The zero-order valence-corrected chi connectivity index (χ0v) is 17.3. The number of para-hydroxylation sites is 1. The molecule has 4 aromatic rings. The van der Waals surface area contributed by atoms with Gasteiger partial charge in [-0.3, -0.25) is 4.79 Å². The van der Waals surface area contributed by atoms with E-state index < -0.39 is 0 Å². The minimum atomic E-state index is -0.0626. The predicted molar refractivity (Wildman–Crippen MR) is 116 cm³/mol. The van der Waals surface area contributed by atoms with Crippen molar-refractivity contribution in [2.75, 3.05) is 7.11 Å². The minimum absolute atomic E-state index is 0.0626. The number of hydrogen-bond donors (Lipinski definition) is 1. The van der Waals surface area contributed by atoms with Crippen LogP contribution in [-0.4, -0.2) is 28.1 Å². The van der Waals surface area contributed by atoms with Crippen LogP contribution in [0.2, 0.25) is 0 Å². The number of rotatable bonds is 7. The molecule has 2 heterocycles. The van der Waals surface area contributed by atoms with Gasteiger partial charge in [0.15, 0.2) is 5.76 Å². The lowest BCUT2D eigenvalue weighted by molar-refractivity contribution is -0.120. The van der Waals surface area contributed by atoms with Gasteiger partial charge in [0.1, 0.15) is 12.1 Å². The summed E-state index contributed by atoms with van der Waals surface area (Å²) in [7, 11) is 1.60. The predicted octanol–water partition coefficient (Wildman–Crippen LogP) is 3.97. The highest BCUT2D eigenvalue weighted by molar-refractivity contribution is 5.79. The fraction of sp³-hybridized carbons (Fsp3) is 0.167. The molecule has 0 atom stereocenters.